The third kappa shape index (κ3) is 5.05. The average molecular weight is 382 g/mol. The fourth-order valence-corrected chi connectivity index (χ4v) is 3.28. The summed E-state index contributed by atoms with van der Waals surface area (Å²) in [5.41, 5.74) is 2.23. The first-order valence-electron chi connectivity index (χ1n) is 8.11. The second-order valence-corrected chi connectivity index (χ2v) is 7.47. The molecule has 3 N–H and O–H groups in total. The van der Waals surface area contributed by atoms with E-state index < -0.39 is 16.1 Å². The summed E-state index contributed by atoms with van der Waals surface area (Å²) in [6.07, 6.45) is 1.50. The van der Waals surface area contributed by atoms with Gasteiger partial charge in [0, 0.05) is 17.6 Å². The Bertz CT molecular complexity index is 1020. The van der Waals surface area contributed by atoms with E-state index in [1.54, 1.807) is 30.3 Å². The Morgan fingerprint density at radius 2 is 1.44 bits per heavy atom. The Labute approximate surface area is 157 Å². The zero-order chi connectivity index (χ0) is 19.3. The minimum Gasteiger partial charge on any atom is -0.308 e. The number of amides is 2. The SMILES string of the molecule is Cc1ccc(NC(=O)Nc2ccc(S(=O)(=O)Nc3ccccn3)cc2)cc1. The Balaban J connectivity index is 1.64. The molecule has 27 heavy (non-hydrogen) atoms. The fraction of sp³-hybridized carbons (Fsp3) is 0.0526. The highest BCUT2D eigenvalue weighted by Crippen LogP contribution is 2.17. The van der Waals surface area contributed by atoms with E-state index in [1.807, 2.05) is 19.1 Å². The summed E-state index contributed by atoms with van der Waals surface area (Å²) >= 11 is 0. The number of pyridine rings is 1. The molecule has 1 aromatic heterocycles. The number of carbonyl (C=O) groups excluding carboxylic acids is 1. The molecule has 0 fully saturated rings. The van der Waals surface area contributed by atoms with E-state index in [-0.39, 0.29) is 10.7 Å². The number of carbonyl (C=O) groups is 1. The van der Waals surface area contributed by atoms with E-state index >= 15 is 0 Å². The van der Waals surface area contributed by atoms with Crippen molar-refractivity contribution >= 4 is 33.2 Å². The van der Waals surface area contributed by atoms with Crippen molar-refractivity contribution in [3.05, 3.63) is 78.5 Å². The lowest BCUT2D eigenvalue weighted by Crippen LogP contribution is -2.19. The highest BCUT2D eigenvalue weighted by atomic mass is 32.2. The molecule has 8 heteroatoms. The van der Waals surface area contributed by atoms with Crippen LogP contribution in [0.3, 0.4) is 0 Å². The van der Waals surface area contributed by atoms with Crippen molar-refractivity contribution in [2.75, 3.05) is 15.4 Å². The summed E-state index contributed by atoms with van der Waals surface area (Å²) in [6.45, 7) is 1.96. The van der Waals surface area contributed by atoms with Crippen LogP contribution in [0, 0.1) is 6.92 Å². The van der Waals surface area contributed by atoms with Crippen LogP contribution in [-0.2, 0) is 10.0 Å². The largest absolute Gasteiger partial charge is 0.323 e. The number of anilines is 3. The normalized spacial score (nSPS) is 10.9. The maximum Gasteiger partial charge on any atom is 0.323 e. The first-order chi connectivity index (χ1) is 12.9. The lowest BCUT2D eigenvalue weighted by atomic mass is 10.2. The molecule has 0 atom stereocenters. The van der Waals surface area contributed by atoms with Gasteiger partial charge in [-0.15, -0.1) is 0 Å². The molecule has 0 saturated carbocycles. The van der Waals surface area contributed by atoms with Gasteiger partial charge in [0.25, 0.3) is 10.0 Å². The van der Waals surface area contributed by atoms with Gasteiger partial charge in [0.1, 0.15) is 5.82 Å². The van der Waals surface area contributed by atoms with Gasteiger partial charge in [-0.2, -0.15) is 0 Å². The summed E-state index contributed by atoms with van der Waals surface area (Å²) in [4.78, 5) is 16.0. The van der Waals surface area contributed by atoms with Crippen LogP contribution >= 0.6 is 0 Å². The Morgan fingerprint density at radius 3 is 2.00 bits per heavy atom. The summed E-state index contributed by atoms with van der Waals surface area (Å²) in [7, 11) is -3.75. The van der Waals surface area contributed by atoms with Gasteiger partial charge in [0.05, 0.1) is 4.90 Å². The van der Waals surface area contributed by atoms with E-state index in [2.05, 4.69) is 20.3 Å². The first-order valence-corrected chi connectivity index (χ1v) is 9.59. The minimum atomic E-state index is -3.75. The maximum absolute atomic E-state index is 12.4. The molecular weight excluding hydrogens is 364 g/mol. The number of hydrogen-bond donors (Lipinski definition) is 3. The number of rotatable bonds is 5. The highest BCUT2D eigenvalue weighted by molar-refractivity contribution is 7.92. The van der Waals surface area contributed by atoms with Crippen LogP contribution in [0.25, 0.3) is 0 Å². The second-order valence-electron chi connectivity index (χ2n) is 5.79. The number of nitrogens with one attached hydrogen (secondary N) is 3. The first kappa shape index (κ1) is 18.4. The Morgan fingerprint density at radius 1 is 0.852 bits per heavy atom. The molecule has 1 heterocycles. The third-order valence-electron chi connectivity index (χ3n) is 3.64. The van der Waals surface area contributed by atoms with Crippen LogP contribution in [-0.4, -0.2) is 19.4 Å². The van der Waals surface area contributed by atoms with Crippen molar-refractivity contribution in [3.63, 3.8) is 0 Å². The van der Waals surface area contributed by atoms with Gasteiger partial charge < -0.3 is 10.6 Å². The van der Waals surface area contributed by atoms with Gasteiger partial charge in [0.15, 0.2) is 0 Å². The van der Waals surface area contributed by atoms with E-state index in [0.29, 0.717) is 11.4 Å². The van der Waals surface area contributed by atoms with Crippen molar-refractivity contribution in [3.8, 4) is 0 Å². The van der Waals surface area contributed by atoms with Gasteiger partial charge in [-0.1, -0.05) is 23.8 Å². The molecule has 3 aromatic rings. The molecule has 0 aliphatic rings. The third-order valence-corrected chi connectivity index (χ3v) is 5.01. The Hall–Kier alpha value is -3.39. The molecule has 0 aliphatic carbocycles. The molecule has 0 aliphatic heterocycles. The van der Waals surface area contributed by atoms with E-state index in [1.165, 1.54) is 30.5 Å². The summed E-state index contributed by atoms with van der Waals surface area (Å²) in [6, 6.07) is 17.8. The topological polar surface area (TPSA) is 100 Å². The molecule has 2 aromatic carbocycles. The van der Waals surface area contributed by atoms with Crippen molar-refractivity contribution in [2.45, 2.75) is 11.8 Å². The quantitative estimate of drug-likeness (QED) is 0.624. The van der Waals surface area contributed by atoms with Gasteiger partial charge in [-0.3, -0.25) is 4.72 Å². The zero-order valence-electron chi connectivity index (χ0n) is 14.5. The predicted molar refractivity (Wildman–Crippen MR) is 105 cm³/mol. The van der Waals surface area contributed by atoms with Crippen LogP contribution < -0.4 is 15.4 Å². The fourth-order valence-electron chi connectivity index (χ4n) is 2.27. The Kier molecular flexibility index (Phi) is 5.37. The number of benzene rings is 2. The molecule has 0 bridgehead atoms. The molecule has 0 saturated heterocycles. The van der Waals surface area contributed by atoms with Crippen LogP contribution in [0.5, 0.6) is 0 Å². The lowest BCUT2D eigenvalue weighted by Gasteiger charge is -2.10. The molecule has 7 nitrogen and oxygen atoms in total. The molecule has 3 rings (SSSR count). The number of aryl methyl sites for hydroxylation is 1. The monoisotopic (exact) mass is 382 g/mol. The molecule has 0 unspecified atom stereocenters. The van der Waals surface area contributed by atoms with Crippen LogP contribution in [0.4, 0.5) is 22.0 Å². The summed E-state index contributed by atoms with van der Waals surface area (Å²) < 4.78 is 27.1. The molecule has 2 amide bonds. The van der Waals surface area contributed by atoms with E-state index in [4.69, 9.17) is 0 Å². The van der Waals surface area contributed by atoms with Crippen molar-refractivity contribution in [1.29, 1.82) is 0 Å². The standard InChI is InChI=1S/C19H18N4O3S/c1-14-5-7-15(8-6-14)21-19(24)22-16-9-11-17(12-10-16)27(25,26)23-18-4-2-3-13-20-18/h2-13H,1H3,(H,20,23)(H2,21,22,24). The van der Waals surface area contributed by atoms with Crippen molar-refractivity contribution < 1.29 is 13.2 Å². The van der Waals surface area contributed by atoms with E-state index in [9.17, 15) is 13.2 Å². The van der Waals surface area contributed by atoms with Crippen LogP contribution in [0.2, 0.25) is 0 Å². The predicted octanol–water partition coefficient (Wildman–Crippen LogP) is 3.83. The molecular formula is C19H18N4O3S. The summed E-state index contributed by atoms with van der Waals surface area (Å²) in [5.74, 6) is 0.233. The van der Waals surface area contributed by atoms with Gasteiger partial charge in [-0.25, -0.2) is 18.2 Å². The maximum atomic E-state index is 12.4. The lowest BCUT2D eigenvalue weighted by molar-refractivity contribution is 0.262. The van der Waals surface area contributed by atoms with E-state index in [0.717, 1.165) is 5.56 Å². The van der Waals surface area contributed by atoms with Crippen molar-refractivity contribution in [1.82, 2.24) is 4.98 Å². The van der Waals surface area contributed by atoms with Gasteiger partial charge >= 0.3 is 6.03 Å². The minimum absolute atomic E-state index is 0.0673. The zero-order valence-corrected chi connectivity index (χ0v) is 15.3. The van der Waals surface area contributed by atoms with Crippen molar-refractivity contribution in [2.24, 2.45) is 0 Å². The highest BCUT2D eigenvalue weighted by Gasteiger charge is 2.14. The smallest absolute Gasteiger partial charge is 0.308 e. The average Bonchev–Trinajstić information content (AvgIpc) is 2.64. The molecule has 0 spiro atoms. The molecule has 138 valence electrons. The number of aromatic nitrogens is 1. The van der Waals surface area contributed by atoms with Gasteiger partial charge in [-0.05, 0) is 55.5 Å². The number of hydrogen-bond acceptors (Lipinski definition) is 4. The number of sulfonamides is 1. The number of urea groups is 1. The number of nitrogens with zero attached hydrogens (tertiary/aromatic N) is 1. The molecule has 0 radical (unpaired) electrons. The summed E-state index contributed by atoms with van der Waals surface area (Å²) in [5, 5.41) is 5.36. The van der Waals surface area contributed by atoms with Crippen LogP contribution in [0.1, 0.15) is 5.56 Å². The van der Waals surface area contributed by atoms with Gasteiger partial charge in [0.2, 0.25) is 0 Å². The van der Waals surface area contributed by atoms with Crippen LogP contribution in [0.15, 0.2) is 77.8 Å². The second kappa shape index (κ2) is 7.88.